The molecule has 0 aromatic rings. The van der Waals surface area contributed by atoms with Gasteiger partial charge in [-0.2, -0.15) is 0 Å². The van der Waals surface area contributed by atoms with Gasteiger partial charge in [0.15, 0.2) is 0 Å². The largest absolute Gasteiger partial charge is 0.373 e. The molecule has 1 fully saturated rings. The quantitative estimate of drug-likeness (QED) is 0.767. The Labute approximate surface area is 112 Å². The lowest BCUT2D eigenvalue weighted by atomic mass is 9.83. The Kier molecular flexibility index (Phi) is 5.25. The Morgan fingerprint density at radius 2 is 2.11 bits per heavy atom. The maximum atomic E-state index is 6.08. The number of rotatable bonds is 4. The minimum atomic E-state index is 0.0288. The molecule has 18 heavy (non-hydrogen) atoms. The summed E-state index contributed by atoms with van der Waals surface area (Å²) in [5.41, 5.74) is 1.64. The van der Waals surface area contributed by atoms with E-state index in [4.69, 9.17) is 4.74 Å². The third-order valence-electron chi connectivity index (χ3n) is 4.47. The summed E-state index contributed by atoms with van der Waals surface area (Å²) < 4.78 is 6.08. The van der Waals surface area contributed by atoms with Crippen molar-refractivity contribution in [1.29, 1.82) is 0 Å². The molecule has 1 heterocycles. The first-order valence-electron chi connectivity index (χ1n) is 7.82. The molecule has 2 aliphatic rings. The molecule has 0 spiro atoms. The van der Waals surface area contributed by atoms with Crippen LogP contribution in [0.15, 0.2) is 11.6 Å². The molecule has 0 bridgehead atoms. The second-order valence-corrected chi connectivity index (χ2v) is 5.99. The van der Waals surface area contributed by atoms with Crippen LogP contribution < -0.4 is 5.32 Å². The normalized spacial score (nSPS) is 31.6. The molecule has 0 amide bonds. The maximum absolute atomic E-state index is 6.08. The molecule has 0 saturated carbocycles. The van der Waals surface area contributed by atoms with Crippen molar-refractivity contribution in [2.24, 2.45) is 0 Å². The fourth-order valence-electron chi connectivity index (χ4n) is 3.45. The highest BCUT2D eigenvalue weighted by molar-refractivity contribution is 5.18. The molecular weight excluding hydrogens is 222 g/mol. The summed E-state index contributed by atoms with van der Waals surface area (Å²) in [6.45, 7) is 6.47. The Morgan fingerprint density at radius 3 is 2.83 bits per heavy atom. The summed E-state index contributed by atoms with van der Waals surface area (Å²) in [5.74, 6) is 0. The van der Waals surface area contributed by atoms with Gasteiger partial charge < -0.3 is 10.1 Å². The van der Waals surface area contributed by atoms with E-state index in [-0.39, 0.29) is 5.60 Å². The van der Waals surface area contributed by atoms with Crippen LogP contribution in [0.5, 0.6) is 0 Å². The number of allylic oxidation sites excluding steroid dienone is 1. The minimum Gasteiger partial charge on any atom is -0.373 e. The number of hydrogen-bond donors (Lipinski definition) is 1. The summed E-state index contributed by atoms with van der Waals surface area (Å²) in [5, 5.41) is 3.69. The zero-order valence-electron chi connectivity index (χ0n) is 12.1. The van der Waals surface area contributed by atoms with Gasteiger partial charge in [0.1, 0.15) is 0 Å². The zero-order chi connectivity index (χ0) is 12.8. The van der Waals surface area contributed by atoms with Gasteiger partial charge in [0.2, 0.25) is 0 Å². The lowest BCUT2D eigenvalue weighted by molar-refractivity contribution is -0.00227. The second kappa shape index (κ2) is 6.72. The van der Waals surface area contributed by atoms with Gasteiger partial charge in [0.05, 0.1) is 11.6 Å². The molecule has 0 aromatic carbocycles. The molecule has 1 saturated heterocycles. The van der Waals surface area contributed by atoms with E-state index in [0.717, 1.165) is 13.2 Å². The van der Waals surface area contributed by atoms with Crippen LogP contribution in [0.3, 0.4) is 0 Å². The van der Waals surface area contributed by atoms with Crippen molar-refractivity contribution in [1.82, 2.24) is 5.32 Å². The maximum Gasteiger partial charge on any atom is 0.0845 e. The van der Waals surface area contributed by atoms with Crippen LogP contribution in [0.1, 0.15) is 65.2 Å². The van der Waals surface area contributed by atoms with Gasteiger partial charge in [-0.15, -0.1) is 0 Å². The van der Waals surface area contributed by atoms with Gasteiger partial charge in [-0.1, -0.05) is 31.4 Å². The molecule has 2 rings (SSSR count). The van der Waals surface area contributed by atoms with Gasteiger partial charge in [0.25, 0.3) is 0 Å². The monoisotopic (exact) mass is 251 g/mol. The van der Waals surface area contributed by atoms with Gasteiger partial charge >= 0.3 is 0 Å². The smallest absolute Gasteiger partial charge is 0.0845 e. The molecule has 1 aliphatic heterocycles. The number of ether oxygens (including phenoxy) is 1. The average Bonchev–Trinajstić information content (AvgIpc) is 2.75. The van der Waals surface area contributed by atoms with Crippen LogP contribution in [0, 0.1) is 0 Å². The van der Waals surface area contributed by atoms with Crippen LogP contribution in [-0.4, -0.2) is 24.8 Å². The summed E-state index contributed by atoms with van der Waals surface area (Å²) in [7, 11) is 0. The third kappa shape index (κ3) is 3.36. The van der Waals surface area contributed by atoms with Gasteiger partial charge in [-0.05, 0) is 52.0 Å². The van der Waals surface area contributed by atoms with Crippen LogP contribution >= 0.6 is 0 Å². The Morgan fingerprint density at radius 1 is 1.28 bits per heavy atom. The molecule has 1 aliphatic carbocycles. The first-order valence-corrected chi connectivity index (χ1v) is 7.82. The van der Waals surface area contributed by atoms with Gasteiger partial charge in [0, 0.05) is 6.61 Å². The van der Waals surface area contributed by atoms with E-state index in [0.29, 0.717) is 6.04 Å². The van der Waals surface area contributed by atoms with E-state index < -0.39 is 0 Å². The highest BCUT2D eigenvalue weighted by Gasteiger charge is 2.39. The van der Waals surface area contributed by atoms with E-state index in [1.165, 1.54) is 51.4 Å². The SMILES string of the molecule is CCNC(C1=CCCCCCC1)C1(C)CCCO1. The highest BCUT2D eigenvalue weighted by Crippen LogP contribution is 2.34. The van der Waals surface area contributed by atoms with E-state index in [1.807, 2.05) is 0 Å². The predicted molar refractivity (Wildman–Crippen MR) is 76.8 cm³/mol. The van der Waals surface area contributed by atoms with Crippen LogP contribution in [0.2, 0.25) is 0 Å². The highest BCUT2D eigenvalue weighted by atomic mass is 16.5. The molecule has 104 valence electrons. The Hall–Kier alpha value is -0.340. The molecular formula is C16H29NO. The van der Waals surface area contributed by atoms with Crippen molar-refractivity contribution in [2.75, 3.05) is 13.2 Å². The van der Waals surface area contributed by atoms with Gasteiger partial charge in [-0.3, -0.25) is 0 Å². The number of likely N-dealkylation sites (N-methyl/N-ethyl adjacent to an activating group) is 1. The van der Waals surface area contributed by atoms with E-state index in [1.54, 1.807) is 5.57 Å². The molecule has 2 atom stereocenters. The minimum absolute atomic E-state index is 0.0288. The van der Waals surface area contributed by atoms with Crippen LogP contribution in [0.25, 0.3) is 0 Å². The average molecular weight is 251 g/mol. The Bertz CT molecular complexity index is 279. The lowest BCUT2D eigenvalue weighted by Crippen LogP contribution is -2.49. The zero-order valence-corrected chi connectivity index (χ0v) is 12.1. The molecule has 2 heteroatoms. The fraction of sp³-hybridized carbons (Fsp3) is 0.875. The van der Waals surface area contributed by atoms with Crippen LogP contribution in [-0.2, 0) is 4.74 Å². The fourth-order valence-corrected chi connectivity index (χ4v) is 3.45. The second-order valence-electron chi connectivity index (χ2n) is 5.99. The predicted octanol–water partition coefficient (Wildman–Crippen LogP) is 3.81. The summed E-state index contributed by atoms with van der Waals surface area (Å²) in [6.07, 6.45) is 12.9. The van der Waals surface area contributed by atoms with Crippen molar-refractivity contribution in [3.8, 4) is 0 Å². The number of nitrogens with one attached hydrogen (secondary N) is 1. The lowest BCUT2D eigenvalue weighted by Gasteiger charge is -2.36. The summed E-state index contributed by atoms with van der Waals surface area (Å²) >= 11 is 0. The standard InChI is InChI=1S/C16H29NO/c1-3-17-15(16(2)12-9-13-18-16)14-10-7-5-4-6-8-11-14/h10,15,17H,3-9,11-13H2,1-2H3. The van der Waals surface area contributed by atoms with Crippen molar-refractivity contribution >= 4 is 0 Å². The van der Waals surface area contributed by atoms with E-state index in [2.05, 4.69) is 25.2 Å². The van der Waals surface area contributed by atoms with E-state index in [9.17, 15) is 0 Å². The van der Waals surface area contributed by atoms with Crippen LogP contribution in [0.4, 0.5) is 0 Å². The van der Waals surface area contributed by atoms with Crippen molar-refractivity contribution in [3.05, 3.63) is 11.6 Å². The third-order valence-corrected chi connectivity index (χ3v) is 4.47. The molecule has 1 N–H and O–H groups in total. The topological polar surface area (TPSA) is 21.3 Å². The van der Waals surface area contributed by atoms with Crippen molar-refractivity contribution in [3.63, 3.8) is 0 Å². The molecule has 2 nitrogen and oxygen atoms in total. The van der Waals surface area contributed by atoms with Crippen molar-refractivity contribution in [2.45, 2.75) is 76.9 Å². The Balaban J connectivity index is 2.11. The number of hydrogen-bond acceptors (Lipinski definition) is 2. The summed E-state index contributed by atoms with van der Waals surface area (Å²) in [4.78, 5) is 0. The summed E-state index contributed by atoms with van der Waals surface area (Å²) in [6, 6.07) is 0.433. The van der Waals surface area contributed by atoms with Crippen molar-refractivity contribution < 1.29 is 4.74 Å². The first kappa shape index (κ1) is 14.1. The molecule has 2 unspecified atom stereocenters. The van der Waals surface area contributed by atoms with Gasteiger partial charge in [-0.25, -0.2) is 0 Å². The first-order chi connectivity index (χ1) is 8.76. The molecule has 0 aromatic heterocycles. The van der Waals surface area contributed by atoms with E-state index >= 15 is 0 Å². The molecule has 0 radical (unpaired) electrons.